The summed E-state index contributed by atoms with van der Waals surface area (Å²) in [6, 6.07) is 54.6. The molecular weight excluding hydrogens is 827 g/mol. The summed E-state index contributed by atoms with van der Waals surface area (Å²) in [5.41, 5.74) is 8.25. The van der Waals surface area contributed by atoms with Crippen molar-refractivity contribution in [2.24, 2.45) is 0 Å². The maximum atomic E-state index is 4.85. The topological polar surface area (TPSA) is 0 Å². The quantitative estimate of drug-likeness (QED) is 0.111. The van der Waals surface area contributed by atoms with E-state index >= 15 is 0 Å². The molecule has 0 aliphatic rings. The number of hydrogen-bond donors (Lipinski definition) is 0. The zero-order valence-electron chi connectivity index (χ0n) is 28.7. The van der Waals surface area contributed by atoms with E-state index in [9.17, 15) is 0 Å². The van der Waals surface area contributed by atoms with Crippen LogP contribution in [0.2, 0.25) is 0 Å². The van der Waals surface area contributed by atoms with Crippen LogP contribution in [0.3, 0.4) is 0 Å². The molecule has 0 unspecified atom stereocenters. The molecule has 7 heteroatoms. The van der Waals surface area contributed by atoms with Crippen molar-refractivity contribution in [2.75, 3.05) is 0 Å². The summed E-state index contributed by atoms with van der Waals surface area (Å²) in [6.45, 7) is 9.13. The van der Waals surface area contributed by atoms with Crippen molar-refractivity contribution in [3.05, 3.63) is 168 Å². The van der Waals surface area contributed by atoms with E-state index in [1.54, 1.807) is 0 Å². The molecule has 0 aliphatic carbocycles. The molecule has 0 spiro atoms. The van der Waals surface area contributed by atoms with Gasteiger partial charge in [-0.05, 0) is 99.1 Å². The molecule has 0 radical (unpaired) electrons. The predicted molar refractivity (Wildman–Crippen MR) is 231 cm³/mol. The molecule has 256 valence electrons. The van der Waals surface area contributed by atoms with Gasteiger partial charge in [-0.3, -0.25) is 0 Å². The van der Waals surface area contributed by atoms with E-state index in [2.05, 4.69) is 173 Å². The Hall–Kier alpha value is -2.70. The minimum absolute atomic E-state index is 0.346. The summed E-state index contributed by atoms with van der Waals surface area (Å²) in [7, 11) is 8.06. The predicted octanol–water partition coefficient (Wildman–Crippen LogP) is 11.9. The normalized spacial score (nSPS) is 11.5. The van der Waals surface area contributed by atoms with Crippen molar-refractivity contribution in [3.63, 3.8) is 0 Å². The first-order chi connectivity index (χ1) is 24.9. The molecule has 0 nitrogen and oxygen atoms in total. The van der Waals surface area contributed by atoms with Crippen molar-refractivity contribution in [2.45, 2.75) is 27.7 Å². The summed E-state index contributed by atoms with van der Waals surface area (Å²) in [4.78, 5) is 0. The summed E-state index contributed by atoms with van der Waals surface area (Å²) in [5.74, 6) is 0. The van der Waals surface area contributed by atoms with Crippen LogP contribution in [-0.4, -0.2) is 0 Å². The van der Waals surface area contributed by atoms with Crippen LogP contribution in [0.25, 0.3) is 31.3 Å². The van der Waals surface area contributed by atoms with Gasteiger partial charge < -0.3 is 0 Å². The van der Waals surface area contributed by atoms with E-state index in [4.69, 9.17) is 19.4 Å². The molecule has 0 aliphatic heterocycles. The van der Waals surface area contributed by atoms with Crippen LogP contribution >= 0.6 is 57.9 Å². The first-order valence-corrected chi connectivity index (χ1v) is 25.4. The molecule has 2 aromatic heterocycles. The molecule has 0 amide bonds. The molecule has 51 heavy (non-hydrogen) atoms. The molecule has 6 aromatic carbocycles. The summed E-state index contributed by atoms with van der Waals surface area (Å²) >= 11 is 3.69. The van der Waals surface area contributed by atoms with Crippen molar-refractivity contribution in [3.8, 4) is 11.1 Å². The average Bonchev–Trinajstić information content (AvgIpc) is 3.69. The van der Waals surface area contributed by atoms with Crippen LogP contribution in [0, 0.1) is 27.7 Å². The number of halogens is 2. The number of fused-ring (bicyclic) bond motifs is 2. The molecule has 0 fully saturated rings. The van der Waals surface area contributed by atoms with E-state index < -0.39 is 15.8 Å². The van der Waals surface area contributed by atoms with Gasteiger partial charge in [-0.25, -0.2) is 0 Å². The van der Waals surface area contributed by atoms with Crippen molar-refractivity contribution >= 4 is 109 Å². The van der Waals surface area contributed by atoms with Gasteiger partial charge in [0, 0.05) is 40.5 Å². The van der Waals surface area contributed by atoms with Gasteiger partial charge in [0.2, 0.25) is 0 Å². The zero-order chi connectivity index (χ0) is 35.5. The zero-order valence-corrected chi connectivity index (χ0v) is 35.3. The van der Waals surface area contributed by atoms with Gasteiger partial charge in [-0.2, -0.15) is 0 Å². The molecule has 0 bridgehead atoms. The number of aryl methyl sites for hydroxylation is 4. The molecule has 8 rings (SSSR count). The van der Waals surface area contributed by atoms with Gasteiger partial charge in [0.15, 0.2) is 0 Å². The Morgan fingerprint density at radius 1 is 0.431 bits per heavy atom. The molecule has 2 heterocycles. The van der Waals surface area contributed by atoms with Gasteiger partial charge in [0.25, 0.3) is 0 Å². The van der Waals surface area contributed by atoms with Gasteiger partial charge in [0.1, 0.15) is 0 Å². The number of rotatable bonds is 7. The van der Waals surface area contributed by atoms with E-state index in [1.807, 2.05) is 22.7 Å². The molecule has 8 aromatic rings. The third-order valence-corrected chi connectivity index (χ3v) is 17.0. The molecule has 0 atom stereocenters. The van der Waals surface area contributed by atoms with Gasteiger partial charge in [-0.15, -0.1) is 22.7 Å². The van der Waals surface area contributed by atoms with Crippen molar-refractivity contribution in [1.29, 1.82) is 0 Å². The van der Waals surface area contributed by atoms with Crippen LogP contribution in [0.5, 0.6) is 0 Å². The first kappa shape index (κ1) is 36.7. The summed E-state index contributed by atoms with van der Waals surface area (Å²) in [5, 5.41) is 8.39. The second-order valence-electron chi connectivity index (χ2n) is 12.5. The van der Waals surface area contributed by atoms with Gasteiger partial charge >= 0.3 is 34.5 Å². The molecule has 0 saturated carbocycles. The van der Waals surface area contributed by atoms with Gasteiger partial charge in [-0.1, -0.05) is 133 Å². The third-order valence-electron chi connectivity index (χ3n) is 8.94. The second kappa shape index (κ2) is 16.5. The fourth-order valence-electron chi connectivity index (χ4n) is 7.04. The third kappa shape index (κ3) is 7.56. The van der Waals surface area contributed by atoms with Crippen LogP contribution in [-0.2, 0) is 15.1 Å². The monoisotopic (exact) mass is 862 g/mol. The SMILES string of the molecule is Cc1cc(C)c2c(-c3c(P(c4ccccc4)c4ccccc4)sc4cc(C)cc(C)c34)c(P(c3ccccc3)c3ccccc3)sc2c1.[Cl][Ru][Cl]. The number of thiophene rings is 2. The Morgan fingerprint density at radius 3 is 0.980 bits per heavy atom. The Balaban J connectivity index is 0.00000131. The van der Waals surface area contributed by atoms with E-state index in [1.165, 1.54) is 84.0 Å². The van der Waals surface area contributed by atoms with Crippen molar-refractivity contribution < 1.29 is 15.1 Å². The minimum atomic E-state index is -0.821. The second-order valence-corrected chi connectivity index (χ2v) is 22.2. The Kier molecular flexibility index (Phi) is 11.9. The molecule has 0 N–H and O–H groups in total. The summed E-state index contributed by atoms with van der Waals surface area (Å²) < 4.78 is 5.75. The standard InChI is InChI=1S/C44H36P2S2.2ClH.Ru/c1-29-25-31(3)39-37(27-29)47-43(45(33-17-9-5-10-18-33)34-19-11-6-12-20-34)41(39)42-40-32(4)26-30(2)28-38(40)48-44(42)46(35-21-13-7-14-22-35)36-23-15-8-16-24-36;;;/h5-28H,1-4H3;2*1H;/q;;;+2/p-2. The number of benzene rings is 6. The molecular formula is C44H36Cl2P2RuS2. The van der Waals surface area contributed by atoms with E-state index in [0.29, 0.717) is 0 Å². The van der Waals surface area contributed by atoms with Crippen LogP contribution in [0.1, 0.15) is 22.3 Å². The fraction of sp³-hybridized carbons (Fsp3) is 0.0909. The van der Waals surface area contributed by atoms with E-state index in [-0.39, 0.29) is 15.1 Å². The summed E-state index contributed by atoms with van der Waals surface area (Å²) in [6.07, 6.45) is 0. The van der Waals surface area contributed by atoms with Gasteiger partial charge in [0.05, 0.1) is 0 Å². The fourth-order valence-corrected chi connectivity index (χ4v) is 16.2. The maximum absolute atomic E-state index is 4.85. The Morgan fingerprint density at radius 2 is 0.706 bits per heavy atom. The van der Waals surface area contributed by atoms with Crippen LogP contribution in [0.15, 0.2) is 146 Å². The average molecular weight is 863 g/mol. The van der Waals surface area contributed by atoms with Crippen LogP contribution < -0.4 is 30.5 Å². The number of hydrogen-bond acceptors (Lipinski definition) is 2. The van der Waals surface area contributed by atoms with Crippen molar-refractivity contribution in [1.82, 2.24) is 0 Å². The van der Waals surface area contributed by atoms with Crippen LogP contribution in [0.4, 0.5) is 0 Å². The Labute approximate surface area is 327 Å². The first-order valence-electron chi connectivity index (χ1n) is 16.6. The molecule has 0 saturated heterocycles. The Bertz CT molecular complexity index is 2160. The van der Waals surface area contributed by atoms with E-state index in [0.717, 1.165) is 0 Å².